The van der Waals surface area contributed by atoms with Crippen LogP contribution in [0.5, 0.6) is 0 Å². The molecule has 0 radical (unpaired) electrons. The molecule has 11 rings (SSSR count). The normalized spacial score (nSPS) is 20.8. The van der Waals surface area contributed by atoms with Crippen LogP contribution in [0.1, 0.15) is 118 Å². The summed E-state index contributed by atoms with van der Waals surface area (Å²) < 4.78 is 50.2. The number of ether oxygens (including phenoxy) is 2. The lowest BCUT2D eigenvalue weighted by atomic mass is 9.85. The van der Waals surface area contributed by atoms with E-state index in [9.17, 15) is 19.0 Å². The Labute approximate surface area is 438 Å². The van der Waals surface area contributed by atoms with E-state index < -0.39 is 18.2 Å². The molecule has 3 N–H and O–H groups in total. The molecule has 0 saturated heterocycles. The number of aromatic nitrogens is 13. The number of aliphatic hydroxyl groups is 2. The maximum absolute atomic E-state index is 12.9. The second-order valence-corrected chi connectivity index (χ2v) is 21.2. The van der Waals surface area contributed by atoms with Crippen LogP contribution in [-0.4, -0.2) is 138 Å². The van der Waals surface area contributed by atoms with Gasteiger partial charge in [-0.25, -0.2) is 24.0 Å². The van der Waals surface area contributed by atoms with Crippen LogP contribution in [0, 0.1) is 6.92 Å². The quantitative estimate of drug-likeness (QED) is 0.0781. The lowest BCUT2D eigenvalue weighted by Crippen LogP contribution is -2.50. The van der Waals surface area contributed by atoms with Gasteiger partial charge in [-0.2, -0.15) is 19.0 Å². The minimum Gasteiger partial charge on any atom is -0.423 e. The SMILES string of the molecule is COC[C@H](C)N(CC(C)(c1nnc(C)o1)n1cc(-c2cc([C@H]3CC[C@H](O)CC3)n3nc(N[C@@H](C)COC(F)F)ncc23)cn1)c1ncc2c(-c3ccnc(N4CCc5cnn(C)c5C4)c3)cc([C@H]3CC[C@H](O)CC3)n2n1. The number of alkyl halides is 2. The number of nitrogens with zero attached hydrogens (tertiary/aromatic N) is 15. The predicted octanol–water partition coefficient (Wildman–Crippen LogP) is 7.07. The van der Waals surface area contributed by atoms with Gasteiger partial charge in [-0.1, -0.05) is 0 Å². The molecule has 0 spiro atoms. The maximum Gasteiger partial charge on any atom is 0.345 e. The number of hydrogen-bond acceptors (Lipinski definition) is 17. The van der Waals surface area contributed by atoms with Crippen molar-refractivity contribution in [2.24, 2.45) is 7.05 Å². The Morgan fingerprint density at radius 3 is 2.20 bits per heavy atom. The van der Waals surface area contributed by atoms with E-state index in [1.54, 1.807) is 33.4 Å². The van der Waals surface area contributed by atoms with E-state index in [2.05, 4.69) is 65.3 Å². The first-order valence-corrected chi connectivity index (χ1v) is 26.4. The van der Waals surface area contributed by atoms with Gasteiger partial charge in [-0.15, -0.1) is 20.4 Å². The van der Waals surface area contributed by atoms with Gasteiger partial charge in [0.05, 0.1) is 86.1 Å². The fourth-order valence-corrected chi connectivity index (χ4v) is 11.4. The van der Waals surface area contributed by atoms with Gasteiger partial charge in [-0.05, 0) is 114 Å². The fourth-order valence-electron chi connectivity index (χ4n) is 11.4. The van der Waals surface area contributed by atoms with E-state index in [1.165, 1.54) is 11.3 Å². The third-order valence-electron chi connectivity index (χ3n) is 15.7. The van der Waals surface area contributed by atoms with Gasteiger partial charge in [-0.3, -0.25) is 9.36 Å². The fraction of sp³-hybridized carbons (Fsp3) is 0.528. The van der Waals surface area contributed by atoms with Crippen molar-refractivity contribution in [1.82, 2.24) is 63.9 Å². The van der Waals surface area contributed by atoms with E-state index >= 15 is 0 Å². The van der Waals surface area contributed by atoms with Gasteiger partial charge in [0.25, 0.3) is 0 Å². The highest BCUT2D eigenvalue weighted by atomic mass is 19.3. The minimum atomic E-state index is -2.89. The number of halogens is 2. The highest BCUT2D eigenvalue weighted by molar-refractivity contribution is 5.83. The number of anilines is 3. The Bertz CT molecular complexity index is 3300. The Kier molecular flexibility index (Phi) is 14.3. The van der Waals surface area contributed by atoms with Gasteiger partial charge in [0.2, 0.25) is 23.7 Å². The first-order chi connectivity index (χ1) is 36.7. The molecule has 76 heavy (non-hydrogen) atoms. The topological polar surface area (TPSA) is 225 Å². The smallest absolute Gasteiger partial charge is 0.345 e. The first-order valence-electron chi connectivity index (χ1n) is 26.4. The molecule has 402 valence electrons. The van der Waals surface area contributed by atoms with Crippen LogP contribution in [-0.2, 0) is 35.0 Å². The molecular weight excluding hydrogens is 979 g/mol. The largest absolute Gasteiger partial charge is 0.423 e. The zero-order valence-electron chi connectivity index (χ0n) is 43.8. The molecule has 3 aliphatic rings. The van der Waals surface area contributed by atoms with Crippen LogP contribution >= 0.6 is 0 Å². The van der Waals surface area contributed by atoms with E-state index in [4.69, 9.17) is 34.4 Å². The molecule has 2 aliphatic carbocycles. The third kappa shape index (κ3) is 10.1. The number of methoxy groups -OCH3 is 1. The van der Waals surface area contributed by atoms with Crippen molar-refractivity contribution >= 4 is 28.7 Å². The molecule has 0 amide bonds. The Morgan fingerprint density at radius 2 is 1.53 bits per heavy atom. The van der Waals surface area contributed by atoms with Crippen LogP contribution in [0.25, 0.3) is 33.3 Å². The van der Waals surface area contributed by atoms with Crippen molar-refractivity contribution in [3.8, 4) is 22.3 Å². The van der Waals surface area contributed by atoms with Gasteiger partial charge in [0.15, 0.2) is 5.54 Å². The zero-order chi connectivity index (χ0) is 52.8. The van der Waals surface area contributed by atoms with Crippen LogP contribution in [0.3, 0.4) is 0 Å². The number of hydrogen-bond donors (Lipinski definition) is 3. The summed E-state index contributed by atoms with van der Waals surface area (Å²) in [6.45, 7) is 6.56. The summed E-state index contributed by atoms with van der Waals surface area (Å²) in [5.74, 6) is 2.58. The second-order valence-electron chi connectivity index (χ2n) is 21.2. The molecule has 9 heterocycles. The van der Waals surface area contributed by atoms with Crippen molar-refractivity contribution in [2.75, 3.05) is 48.5 Å². The molecule has 23 heteroatoms. The summed E-state index contributed by atoms with van der Waals surface area (Å²) in [5.41, 5.74) is 8.55. The van der Waals surface area contributed by atoms with E-state index in [-0.39, 0.29) is 49.2 Å². The van der Waals surface area contributed by atoms with Crippen LogP contribution in [0.4, 0.5) is 26.5 Å². The number of aliphatic hydroxyl groups excluding tert-OH is 2. The summed E-state index contributed by atoms with van der Waals surface area (Å²) >= 11 is 0. The first kappa shape index (κ1) is 51.2. The third-order valence-corrected chi connectivity index (χ3v) is 15.7. The van der Waals surface area contributed by atoms with E-state index in [0.717, 1.165) is 95.7 Å². The minimum absolute atomic E-state index is 0.0989. The van der Waals surface area contributed by atoms with Gasteiger partial charge in [0, 0.05) is 86.0 Å². The molecule has 8 aromatic rings. The van der Waals surface area contributed by atoms with Gasteiger partial charge < -0.3 is 39.2 Å². The zero-order valence-corrected chi connectivity index (χ0v) is 43.8. The van der Waals surface area contributed by atoms with Crippen molar-refractivity contribution in [3.05, 3.63) is 95.9 Å². The van der Waals surface area contributed by atoms with Crippen molar-refractivity contribution in [2.45, 2.75) is 140 Å². The Balaban J connectivity index is 0.967. The van der Waals surface area contributed by atoms with E-state index in [1.807, 2.05) is 63.2 Å². The molecule has 3 atom stereocenters. The number of aryl methyl sites for hydroxylation is 2. The molecule has 2 fully saturated rings. The number of fused-ring (bicyclic) bond motifs is 3. The summed E-state index contributed by atoms with van der Waals surface area (Å²) in [5, 5.41) is 52.9. The number of pyridine rings is 1. The Hall–Kier alpha value is -6.95. The average Bonchev–Trinajstić information content (AvgIpc) is 4.29. The molecule has 8 aromatic heterocycles. The van der Waals surface area contributed by atoms with Crippen molar-refractivity contribution in [3.63, 3.8) is 0 Å². The van der Waals surface area contributed by atoms with Gasteiger partial charge >= 0.3 is 6.61 Å². The lowest BCUT2D eigenvalue weighted by molar-refractivity contribution is -0.130. The van der Waals surface area contributed by atoms with Crippen molar-refractivity contribution < 1.29 is 32.9 Å². The summed E-state index contributed by atoms with van der Waals surface area (Å²) in [6.07, 6.45) is 17.3. The number of nitrogens with one attached hydrogen (secondary N) is 1. The van der Waals surface area contributed by atoms with Crippen LogP contribution in [0.2, 0.25) is 0 Å². The molecular formula is C53H66F2N16O5. The lowest BCUT2D eigenvalue weighted by Gasteiger charge is -2.36. The molecule has 1 aliphatic heterocycles. The molecule has 0 bridgehead atoms. The molecule has 21 nitrogen and oxygen atoms in total. The second kappa shape index (κ2) is 21.2. The summed E-state index contributed by atoms with van der Waals surface area (Å²) in [7, 11) is 3.66. The molecule has 1 unspecified atom stereocenters. The monoisotopic (exact) mass is 1040 g/mol. The van der Waals surface area contributed by atoms with E-state index in [0.29, 0.717) is 50.0 Å². The van der Waals surface area contributed by atoms with Gasteiger partial charge in [0.1, 0.15) is 5.82 Å². The van der Waals surface area contributed by atoms with Crippen molar-refractivity contribution in [1.29, 1.82) is 0 Å². The highest BCUT2D eigenvalue weighted by Crippen LogP contribution is 2.41. The standard InChI is InChI=1S/C53H66F2N16O5/c1-31(28-75-50(54)55)61-51-57-24-45-42(21-43(70(45)64-51)34-7-11-39(72)12-8-34)38-23-60-69(26-38)53(4,49-63-62-33(3)76-49)30-68(32(2)29-74-6)52-58-25-46-41(20-44(71(46)65-52)35-9-13-40(73)14-10-35)36-15-17-56-48(19-36)67-18-16-37-22-59-66(5)47(37)27-67/h15,17,19-26,31-32,34-35,39-40,50,72-73H,7-14,16,18,27-30H2,1-6H3,(H,61,64)/t31-,32-,34-,35-,39-,40-,53?/m0/s1. The summed E-state index contributed by atoms with van der Waals surface area (Å²) in [4.78, 5) is 19.0. The highest BCUT2D eigenvalue weighted by Gasteiger charge is 2.41. The van der Waals surface area contributed by atoms with Crippen LogP contribution in [0.15, 0.2) is 65.9 Å². The maximum atomic E-state index is 12.9. The van der Waals surface area contributed by atoms with Crippen LogP contribution < -0.4 is 15.1 Å². The molecule has 0 aromatic carbocycles. The Morgan fingerprint density at radius 1 is 0.842 bits per heavy atom. The number of rotatable bonds is 18. The molecule has 2 saturated carbocycles. The average molecular weight is 1050 g/mol. The summed E-state index contributed by atoms with van der Waals surface area (Å²) in [6, 6.07) is 7.81. The predicted molar refractivity (Wildman–Crippen MR) is 278 cm³/mol.